The van der Waals surface area contributed by atoms with E-state index < -0.39 is 0 Å². The summed E-state index contributed by atoms with van der Waals surface area (Å²) in [5.41, 5.74) is 0.617. The first-order valence-electron chi connectivity index (χ1n) is 5.51. The monoisotopic (exact) mass is 299 g/mol. The first-order valence-corrected chi connectivity index (χ1v) is 6.30. The van der Waals surface area contributed by atoms with Crippen LogP contribution in [0.5, 0.6) is 0 Å². The summed E-state index contributed by atoms with van der Waals surface area (Å²) < 4.78 is 0.824. The molecule has 0 aromatic carbocycles. The molecular formula is C12H18BrN3O. The molecule has 0 unspecified atom stereocenters. The van der Waals surface area contributed by atoms with Crippen LogP contribution in [0.25, 0.3) is 0 Å². The quantitative estimate of drug-likeness (QED) is 0.833. The number of aromatic nitrogens is 1. The predicted molar refractivity (Wildman–Crippen MR) is 72.1 cm³/mol. The lowest BCUT2D eigenvalue weighted by Crippen LogP contribution is -2.29. The summed E-state index contributed by atoms with van der Waals surface area (Å²) >= 11 is 3.31. The zero-order valence-corrected chi connectivity index (χ0v) is 12.1. The van der Waals surface area contributed by atoms with Gasteiger partial charge in [0.05, 0.1) is 5.56 Å². The molecule has 4 nitrogen and oxygen atoms in total. The van der Waals surface area contributed by atoms with Crippen LogP contribution in [0.4, 0.5) is 0 Å². The third kappa shape index (κ3) is 4.83. The second-order valence-electron chi connectivity index (χ2n) is 4.28. The number of carbonyl (C=O) groups excluding carboxylic acids is 1. The van der Waals surface area contributed by atoms with Crippen LogP contribution >= 0.6 is 15.9 Å². The van der Waals surface area contributed by atoms with Gasteiger partial charge in [-0.1, -0.05) is 0 Å². The molecule has 0 saturated heterocycles. The van der Waals surface area contributed by atoms with Gasteiger partial charge in [-0.15, -0.1) is 0 Å². The van der Waals surface area contributed by atoms with Gasteiger partial charge in [-0.2, -0.15) is 0 Å². The summed E-state index contributed by atoms with van der Waals surface area (Å²) in [5.74, 6) is 0.0116. The molecule has 0 fully saturated rings. The molecule has 0 spiro atoms. The molecule has 0 aliphatic heterocycles. The highest BCUT2D eigenvalue weighted by atomic mass is 79.9. The molecule has 1 heterocycles. The van der Waals surface area contributed by atoms with Crippen LogP contribution in [-0.2, 0) is 0 Å². The molecule has 94 valence electrons. The van der Waals surface area contributed by atoms with Crippen LogP contribution in [0.1, 0.15) is 16.8 Å². The molecule has 1 aromatic heterocycles. The van der Waals surface area contributed by atoms with Crippen molar-refractivity contribution in [1.29, 1.82) is 0 Å². The number of hydrogen-bond acceptors (Lipinski definition) is 3. The van der Waals surface area contributed by atoms with Crippen LogP contribution in [0.2, 0.25) is 0 Å². The second kappa shape index (κ2) is 6.71. The van der Waals surface area contributed by atoms with Crippen LogP contribution < -0.4 is 0 Å². The molecule has 0 N–H and O–H groups in total. The zero-order chi connectivity index (χ0) is 12.8. The Morgan fingerprint density at radius 3 is 2.59 bits per heavy atom. The molecular weight excluding hydrogens is 282 g/mol. The molecule has 0 aliphatic rings. The summed E-state index contributed by atoms with van der Waals surface area (Å²) in [5, 5.41) is 0. The molecule has 1 amide bonds. The van der Waals surface area contributed by atoms with Crippen molar-refractivity contribution in [2.45, 2.75) is 6.42 Å². The highest BCUT2D eigenvalue weighted by molar-refractivity contribution is 9.10. The summed E-state index contributed by atoms with van der Waals surface area (Å²) in [6.45, 7) is 1.73. The van der Waals surface area contributed by atoms with Crippen molar-refractivity contribution in [2.24, 2.45) is 0 Å². The minimum Gasteiger partial charge on any atom is -0.342 e. The largest absolute Gasteiger partial charge is 0.342 e. The average molecular weight is 300 g/mol. The Kier molecular flexibility index (Phi) is 5.58. The third-order valence-electron chi connectivity index (χ3n) is 2.40. The van der Waals surface area contributed by atoms with Crippen LogP contribution in [-0.4, -0.2) is 54.9 Å². The minimum absolute atomic E-state index is 0.0116. The first-order chi connectivity index (χ1) is 8.00. The van der Waals surface area contributed by atoms with Gasteiger partial charge in [0.15, 0.2) is 0 Å². The number of carbonyl (C=O) groups is 1. The Hall–Kier alpha value is -0.940. The topological polar surface area (TPSA) is 36.4 Å². The van der Waals surface area contributed by atoms with Crippen molar-refractivity contribution in [3.05, 3.63) is 28.5 Å². The maximum atomic E-state index is 12.0. The molecule has 1 rings (SSSR count). The van der Waals surface area contributed by atoms with Crippen molar-refractivity contribution in [1.82, 2.24) is 14.8 Å². The number of rotatable bonds is 5. The molecule has 1 aromatic rings. The van der Waals surface area contributed by atoms with E-state index in [2.05, 4.69) is 25.8 Å². The highest BCUT2D eigenvalue weighted by Gasteiger charge is 2.11. The lowest BCUT2D eigenvalue weighted by Gasteiger charge is -2.18. The molecule has 17 heavy (non-hydrogen) atoms. The van der Waals surface area contributed by atoms with Crippen molar-refractivity contribution < 1.29 is 4.79 Å². The van der Waals surface area contributed by atoms with Gasteiger partial charge in [0.25, 0.3) is 5.91 Å². The van der Waals surface area contributed by atoms with Crippen molar-refractivity contribution in [2.75, 3.05) is 34.2 Å². The maximum Gasteiger partial charge on any atom is 0.255 e. The second-order valence-corrected chi connectivity index (χ2v) is 5.19. The van der Waals surface area contributed by atoms with Crippen LogP contribution in [0.15, 0.2) is 22.9 Å². The molecule has 0 saturated carbocycles. The van der Waals surface area contributed by atoms with E-state index in [1.165, 1.54) is 0 Å². The zero-order valence-electron chi connectivity index (χ0n) is 10.5. The maximum absolute atomic E-state index is 12.0. The summed E-state index contributed by atoms with van der Waals surface area (Å²) in [6.07, 6.45) is 4.23. The Morgan fingerprint density at radius 2 is 2.00 bits per heavy atom. The Balaban J connectivity index is 2.52. The molecule has 0 radical (unpaired) electrons. The van der Waals surface area contributed by atoms with E-state index in [4.69, 9.17) is 0 Å². The molecule has 0 aliphatic carbocycles. The van der Waals surface area contributed by atoms with E-state index >= 15 is 0 Å². The molecule has 0 bridgehead atoms. The fraction of sp³-hybridized carbons (Fsp3) is 0.500. The summed E-state index contributed by atoms with van der Waals surface area (Å²) in [4.78, 5) is 19.9. The molecule has 5 heteroatoms. The van der Waals surface area contributed by atoms with E-state index in [1.54, 1.807) is 23.4 Å². The minimum atomic E-state index is 0.0116. The van der Waals surface area contributed by atoms with E-state index in [9.17, 15) is 4.79 Å². The van der Waals surface area contributed by atoms with Gasteiger partial charge >= 0.3 is 0 Å². The van der Waals surface area contributed by atoms with Crippen LogP contribution in [0.3, 0.4) is 0 Å². The van der Waals surface area contributed by atoms with E-state index in [1.807, 2.05) is 21.1 Å². The normalized spacial score (nSPS) is 10.6. The van der Waals surface area contributed by atoms with Gasteiger partial charge in [-0.05, 0) is 49.1 Å². The van der Waals surface area contributed by atoms with Crippen molar-refractivity contribution >= 4 is 21.8 Å². The fourth-order valence-electron chi connectivity index (χ4n) is 1.47. The molecule has 0 atom stereocenters. The number of amides is 1. The Labute approximate surface area is 111 Å². The number of nitrogens with zero attached hydrogens (tertiary/aromatic N) is 3. The summed E-state index contributed by atoms with van der Waals surface area (Å²) in [6, 6.07) is 1.79. The number of halogens is 1. The van der Waals surface area contributed by atoms with Gasteiger partial charge < -0.3 is 9.80 Å². The standard InChI is InChI=1S/C12H18BrN3O/c1-15(2)5-4-6-16(3)12(17)10-7-11(13)9-14-8-10/h7-9H,4-6H2,1-3H3. The van der Waals surface area contributed by atoms with Gasteiger partial charge in [0.1, 0.15) is 0 Å². The van der Waals surface area contributed by atoms with Gasteiger partial charge in [0.2, 0.25) is 0 Å². The lowest BCUT2D eigenvalue weighted by atomic mass is 10.2. The average Bonchev–Trinajstić information content (AvgIpc) is 2.27. The Morgan fingerprint density at radius 1 is 1.29 bits per heavy atom. The van der Waals surface area contributed by atoms with E-state index in [0.29, 0.717) is 5.56 Å². The SMILES string of the molecule is CN(C)CCCN(C)C(=O)c1cncc(Br)c1. The summed E-state index contributed by atoms with van der Waals surface area (Å²) in [7, 11) is 5.87. The van der Waals surface area contributed by atoms with Gasteiger partial charge in [-0.3, -0.25) is 9.78 Å². The Bertz CT molecular complexity index is 382. The highest BCUT2D eigenvalue weighted by Crippen LogP contribution is 2.11. The predicted octanol–water partition coefficient (Wildman–Crippen LogP) is 1.87. The number of pyridine rings is 1. The first kappa shape index (κ1) is 14.1. The van der Waals surface area contributed by atoms with Crippen LogP contribution in [0, 0.1) is 0 Å². The van der Waals surface area contributed by atoms with E-state index in [-0.39, 0.29) is 5.91 Å². The van der Waals surface area contributed by atoms with Gasteiger partial charge in [0, 0.05) is 30.5 Å². The van der Waals surface area contributed by atoms with Crippen molar-refractivity contribution in [3.8, 4) is 0 Å². The number of hydrogen-bond donors (Lipinski definition) is 0. The lowest BCUT2D eigenvalue weighted by molar-refractivity contribution is 0.0790. The van der Waals surface area contributed by atoms with Crippen molar-refractivity contribution in [3.63, 3.8) is 0 Å². The van der Waals surface area contributed by atoms with E-state index in [0.717, 1.165) is 24.0 Å². The fourth-order valence-corrected chi connectivity index (χ4v) is 1.84. The smallest absolute Gasteiger partial charge is 0.255 e. The van der Waals surface area contributed by atoms with Gasteiger partial charge in [-0.25, -0.2) is 0 Å². The third-order valence-corrected chi connectivity index (χ3v) is 2.83.